The Hall–Kier alpha value is -4.86. The van der Waals surface area contributed by atoms with Crippen molar-refractivity contribution in [2.75, 3.05) is 39.9 Å². The second kappa shape index (κ2) is 14.7. The summed E-state index contributed by atoms with van der Waals surface area (Å²) in [5.41, 5.74) is 4.26. The van der Waals surface area contributed by atoms with Crippen LogP contribution in [0.5, 0.6) is 11.5 Å². The summed E-state index contributed by atoms with van der Waals surface area (Å²) in [5, 5.41) is 14.4. The fourth-order valence-electron chi connectivity index (χ4n) is 5.56. The molecule has 3 N–H and O–H groups in total. The number of hydrogen-bond donors (Lipinski definition) is 3. The van der Waals surface area contributed by atoms with Crippen LogP contribution < -0.4 is 20.1 Å². The lowest BCUT2D eigenvalue weighted by Gasteiger charge is -2.31. The number of rotatable bonds is 13. The molecule has 1 aliphatic rings. The summed E-state index contributed by atoms with van der Waals surface area (Å²) in [6.45, 7) is 5.78. The average Bonchev–Trinajstić information content (AvgIpc) is 3.49. The second-order valence-electron chi connectivity index (χ2n) is 11.8. The van der Waals surface area contributed by atoms with Gasteiger partial charge in [0.25, 0.3) is 5.91 Å². The molecule has 0 radical (unpaired) electrons. The van der Waals surface area contributed by atoms with Crippen LogP contribution in [-0.2, 0) is 16.0 Å². The van der Waals surface area contributed by atoms with Crippen LogP contribution >= 0.6 is 0 Å². The number of unbranched alkanes of at least 4 members (excludes halogenated alkanes) is 1. The van der Waals surface area contributed by atoms with Crippen molar-refractivity contribution in [2.45, 2.75) is 33.1 Å². The molecule has 1 atom stereocenters. The number of ether oxygens (including phenoxy) is 2. The second-order valence-corrected chi connectivity index (χ2v) is 11.8. The van der Waals surface area contributed by atoms with E-state index >= 15 is 0 Å². The number of nitrogens with zero attached hydrogens (tertiary/aromatic N) is 2. The molecule has 0 aliphatic carbocycles. The smallest absolute Gasteiger partial charge is 0.251 e. The van der Waals surface area contributed by atoms with Crippen molar-refractivity contribution < 1.29 is 23.9 Å². The van der Waals surface area contributed by atoms with Crippen LogP contribution in [0.4, 0.5) is 0 Å². The minimum absolute atomic E-state index is 0.000712. The van der Waals surface area contributed by atoms with Crippen molar-refractivity contribution in [2.24, 2.45) is 11.8 Å². The number of benzene rings is 3. The van der Waals surface area contributed by atoms with Gasteiger partial charge >= 0.3 is 0 Å². The molecule has 0 saturated carbocycles. The molecule has 0 unspecified atom stereocenters. The number of nitrogens with one attached hydrogen (secondary N) is 3. The van der Waals surface area contributed by atoms with Crippen LogP contribution in [-0.4, -0.2) is 72.7 Å². The summed E-state index contributed by atoms with van der Waals surface area (Å²) in [5.74, 6) is 0.911. The zero-order valence-electron chi connectivity index (χ0n) is 26.1. The van der Waals surface area contributed by atoms with Gasteiger partial charge in [-0.1, -0.05) is 44.2 Å². The van der Waals surface area contributed by atoms with E-state index in [0.29, 0.717) is 44.5 Å². The molecule has 3 amide bonds. The molecule has 1 aliphatic heterocycles. The Morgan fingerprint density at radius 2 is 1.78 bits per heavy atom. The number of amides is 3. The number of aromatic nitrogens is 2. The molecular formula is C35H41N5O5. The van der Waals surface area contributed by atoms with E-state index in [2.05, 4.69) is 20.8 Å². The monoisotopic (exact) mass is 611 g/mol. The van der Waals surface area contributed by atoms with Crippen molar-refractivity contribution >= 4 is 28.6 Å². The summed E-state index contributed by atoms with van der Waals surface area (Å²) in [6, 6.07) is 20.9. The lowest BCUT2D eigenvalue weighted by molar-refractivity contribution is -0.141. The number of carbonyl (C=O) groups excluding carboxylic acids is 3. The van der Waals surface area contributed by atoms with E-state index < -0.39 is 0 Å². The maximum absolute atomic E-state index is 13.4. The molecule has 10 nitrogen and oxygen atoms in total. The SMILES string of the molecule is COc1ccc2c(c1)C[C@H](C(=O)N(CC(=O)NCCCCNC(=O)c1ccc(-c3n[nH]c4ccccc34)cc1)CC(C)C)CO2. The van der Waals surface area contributed by atoms with Crippen LogP contribution in [0.25, 0.3) is 22.2 Å². The highest BCUT2D eigenvalue weighted by Gasteiger charge is 2.31. The third kappa shape index (κ3) is 8.00. The molecule has 10 heteroatoms. The first kappa shape index (κ1) is 31.6. The Labute approximate surface area is 263 Å². The van der Waals surface area contributed by atoms with Crippen LogP contribution in [0.15, 0.2) is 66.7 Å². The van der Waals surface area contributed by atoms with Gasteiger partial charge in [0.2, 0.25) is 11.8 Å². The number of para-hydroxylation sites is 1. The molecule has 0 bridgehead atoms. The van der Waals surface area contributed by atoms with E-state index in [1.54, 1.807) is 24.1 Å². The molecule has 1 aromatic heterocycles. The van der Waals surface area contributed by atoms with Crippen molar-refractivity contribution in [1.29, 1.82) is 0 Å². The predicted molar refractivity (Wildman–Crippen MR) is 173 cm³/mol. The van der Waals surface area contributed by atoms with E-state index in [1.807, 2.05) is 68.4 Å². The maximum Gasteiger partial charge on any atom is 0.251 e. The molecule has 5 rings (SSSR count). The number of fused-ring (bicyclic) bond motifs is 2. The first-order valence-corrected chi connectivity index (χ1v) is 15.5. The van der Waals surface area contributed by atoms with Gasteiger partial charge in [-0.25, -0.2) is 0 Å². The van der Waals surface area contributed by atoms with E-state index in [9.17, 15) is 14.4 Å². The van der Waals surface area contributed by atoms with E-state index in [1.165, 1.54) is 0 Å². The van der Waals surface area contributed by atoms with Gasteiger partial charge in [0.05, 0.1) is 30.8 Å². The Bertz CT molecular complexity index is 1630. The fraction of sp³-hybridized carbons (Fsp3) is 0.371. The van der Waals surface area contributed by atoms with Crippen LogP contribution in [0, 0.1) is 11.8 Å². The largest absolute Gasteiger partial charge is 0.497 e. The zero-order chi connectivity index (χ0) is 31.8. The highest BCUT2D eigenvalue weighted by atomic mass is 16.5. The quantitative estimate of drug-likeness (QED) is 0.190. The number of carbonyl (C=O) groups is 3. The minimum Gasteiger partial charge on any atom is -0.497 e. The topological polar surface area (TPSA) is 126 Å². The Balaban J connectivity index is 1.03. The first-order valence-electron chi connectivity index (χ1n) is 15.5. The fourth-order valence-corrected chi connectivity index (χ4v) is 5.56. The van der Waals surface area contributed by atoms with Crippen LogP contribution in [0.1, 0.15) is 42.6 Å². The summed E-state index contributed by atoms with van der Waals surface area (Å²) >= 11 is 0. The number of hydrogen-bond acceptors (Lipinski definition) is 6. The van der Waals surface area contributed by atoms with Crippen molar-refractivity contribution in [3.63, 3.8) is 0 Å². The summed E-state index contributed by atoms with van der Waals surface area (Å²) in [6.07, 6.45) is 1.95. The van der Waals surface area contributed by atoms with Gasteiger partial charge in [0.1, 0.15) is 18.1 Å². The summed E-state index contributed by atoms with van der Waals surface area (Å²) in [7, 11) is 1.61. The molecule has 0 fully saturated rings. The van der Waals surface area contributed by atoms with Gasteiger partial charge in [-0.05, 0) is 67.1 Å². The Morgan fingerprint density at radius 1 is 1.02 bits per heavy atom. The number of methoxy groups -OCH3 is 1. The third-order valence-corrected chi connectivity index (χ3v) is 7.86. The molecule has 0 saturated heterocycles. The van der Waals surface area contributed by atoms with Gasteiger partial charge in [-0.3, -0.25) is 19.5 Å². The normalized spacial score (nSPS) is 14.0. The highest BCUT2D eigenvalue weighted by molar-refractivity contribution is 5.96. The molecule has 236 valence electrons. The number of H-pyrrole nitrogens is 1. The van der Waals surface area contributed by atoms with Gasteiger partial charge < -0.3 is 25.0 Å². The van der Waals surface area contributed by atoms with E-state index in [0.717, 1.165) is 39.2 Å². The number of aromatic amines is 1. The average molecular weight is 612 g/mol. The van der Waals surface area contributed by atoms with Crippen LogP contribution in [0.2, 0.25) is 0 Å². The summed E-state index contributed by atoms with van der Waals surface area (Å²) in [4.78, 5) is 40.5. The third-order valence-electron chi connectivity index (χ3n) is 7.86. The van der Waals surface area contributed by atoms with Gasteiger partial charge in [0, 0.05) is 36.1 Å². The molecule has 4 aromatic rings. The van der Waals surface area contributed by atoms with Gasteiger partial charge in [-0.2, -0.15) is 5.10 Å². The van der Waals surface area contributed by atoms with Crippen molar-refractivity contribution in [3.8, 4) is 22.8 Å². The zero-order valence-corrected chi connectivity index (χ0v) is 26.1. The lowest BCUT2D eigenvalue weighted by atomic mass is 9.95. The van der Waals surface area contributed by atoms with E-state index in [-0.39, 0.29) is 42.7 Å². The maximum atomic E-state index is 13.4. The first-order chi connectivity index (χ1) is 21.8. The van der Waals surface area contributed by atoms with Gasteiger partial charge in [-0.15, -0.1) is 0 Å². The molecular weight excluding hydrogens is 570 g/mol. The lowest BCUT2D eigenvalue weighted by Crippen LogP contribution is -2.47. The minimum atomic E-state index is -0.360. The van der Waals surface area contributed by atoms with E-state index in [4.69, 9.17) is 9.47 Å². The molecule has 3 aromatic carbocycles. The van der Waals surface area contributed by atoms with Crippen molar-refractivity contribution in [1.82, 2.24) is 25.7 Å². The molecule has 45 heavy (non-hydrogen) atoms. The predicted octanol–water partition coefficient (Wildman–Crippen LogP) is 4.60. The molecule has 2 heterocycles. The Kier molecular flexibility index (Phi) is 10.3. The summed E-state index contributed by atoms with van der Waals surface area (Å²) < 4.78 is 11.2. The Morgan fingerprint density at radius 3 is 2.53 bits per heavy atom. The standard InChI is InChI=1S/C35H41N5O5/c1-23(2)20-40(35(43)27-18-26-19-28(44-3)14-15-31(26)45-22-27)21-32(41)36-16-6-7-17-37-34(42)25-12-10-24(11-13-25)33-29-8-4-5-9-30(29)38-39-33/h4-5,8-15,19,23,27H,6-7,16-18,20-22H2,1-3H3,(H,36,41)(H,37,42)(H,38,39)/t27-/m0/s1. The van der Waals surface area contributed by atoms with Crippen molar-refractivity contribution in [3.05, 3.63) is 77.9 Å². The van der Waals surface area contributed by atoms with Crippen LogP contribution in [0.3, 0.4) is 0 Å². The highest BCUT2D eigenvalue weighted by Crippen LogP contribution is 2.31. The van der Waals surface area contributed by atoms with Gasteiger partial charge in [0.15, 0.2) is 0 Å². The molecule has 0 spiro atoms.